The van der Waals surface area contributed by atoms with Crippen LogP contribution in [0.1, 0.15) is 20.7 Å². The topological polar surface area (TPSA) is 154 Å². The molecule has 0 saturated carbocycles. The predicted molar refractivity (Wildman–Crippen MR) is 99.5 cm³/mol. The van der Waals surface area contributed by atoms with Gasteiger partial charge in [0, 0.05) is 17.8 Å². The summed E-state index contributed by atoms with van der Waals surface area (Å²) in [5.74, 6) is -3.76. The second kappa shape index (κ2) is 9.08. The van der Waals surface area contributed by atoms with E-state index in [-0.39, 0.29) is 28.2 Å². The average molecular weight is 401 g/mol. The Kier molecular flexibility index (Phi) is 6.58. The molecule has 11 nitrogen and oxygen atoms in total. The maximum absolute atomic E-state index is 12.2. The van der Waals surface area contributed by atoms with Gasteiger partial charge in [0.05, 0.1) is 36.0 Å². The van der Waals surface area contributed by atoms with Gasteiger partial charge in [0.15, 0.2) is 0 Å². The summed E-state index contributed by atoms with van der Waals surface area (Å²) in [4.78, 5) is 57.9. The van der Waals surface area contributed by atoms with Gasteiger partial charge in [0.2, 0.25) is 0 Å². The zero-order valence-corrected chi connectivity index (χ0v) is 15.3. The highest BCUT2D eigenvalue weighted by Crippen LogP contribution is 2.20. The van der Waals surface area contributed by atoms with Crippen molar-refractivity contribution < 1.29 is 33.6 Å². The maximum Gasteiger partial charge on any atom is 0.339 e. The lowest BCUT2D eigenvalue weighted by Gasteiger charge is -2.11. The van der Waals surface area contributed by atoms with Gasteiger partial charge in [-0.1, -0.05) is 0 Å². The Morgan fingerprint density at radius 1 is 0.862 bits per heavy atom. The molecule has 0 bridgehead atoms. The van der Waals surface area contributed by atoms with Crippen molar-refractivity contribution in [3.63, 3.8) is 0 Å². The molecular weight excluding hydrogens is 386 g/mol. The van der Waals surface area contributed by atoms with Crippen LogP contribution in [0, 0.1) is 10.1 Å². The number of carbonyl (C=O) groups excluding carboxylic acids is 4. The van der Waals surface area contributed by atoms with E-state index in [1.54, 1.807) is 0 Å². The first-order valence-electron chi connectivity index (χ1n) is 7.94. The van der Waals surface area contributed by atoms with Crippen LogP contribution in [-0.2, 0) is 19.1 Å². The number of nitrogens with one attached hydrogen (secondary N) is 2. The minimum absolute atomic E-state index is 0.0335. The third-order valence-electron chi connectivity index (χ3n) is 3.64. The number of nitro groups is 1. The van der Waals surface area contributed by atoms with Gasteiger partial charge in [-0.25, -0.2) is 9.59 Å². The van der Waals surface area contributed by atoms with Gasteiger partial charge in [-0.3, -0.25) is 19.7 Å². The summed E-state index contributed by atoms with van der Waals surface area (Å²) in [6.45, 7) is 0. The van der Waals surface area contributed by atoms with Gasteiger partial charge < -0.3 is 20.1 Å². The fourth-order valence-electron chi connectivity index (χ4n) is 2.21. The van der Waals surface area contributed by atoms with Gasteiger partial charge >= 0.3 is 23.8 Å². The predicted octanol–water partition coefficient (Wildman–Crippen LogP) is 1.75. The standard InChI is InChI=1S/C18H15N3O8/c1-28-17(24)10-3-8-13(18(25)29-2)14(9-10)20-16(23)15(22)19-11-4-6-12(7-5-11)21(26)27/h3-9H,1-2H3,(H,19,22)(H,20,23). The number of esters is 2. The van der Waals surface area contributed by atoms with E-state index in [1.165, 1.54) is 24.3 Å². The molecule has 0 unspecified atom stereocenters. The first-order chi connectivity index (χ1) is 13.8. The quantitative estimate of drug-likeness (QED) is 0.332. The molecule has 2 rings (SSSR count). The van der Waals surface area contributed by atoms with Crippen molar-refractivity contribution in [1.29, 1.82) is 0 Å². The van der Waals surface area contributed by atoms with Crippen LogP contribution in [0.4, 0.5) is 17.1 Å². The molecule has 0 aliphatic heterocycles. The van der Waals surface area contributed by atoms with Gasteiger partial charge in [-0.2, -0.15) is 0 Å². The number of carbonyl (C=O) groups is 4. The van der Waals surface area contributed by atoms with Crippen molar-refractivity contribution in [2.75, 3.05) is 24.9 Å². The Bertz CT molecular complexity index is 985. The number of methoxy groups -OCH3 is 2. The number of hydrogen-bond acceptors (Lipinski definition) is 8. The number of non-ortho nitro benzene ring substituents is 1. The summed E-state index contributed by atoms with van der Waals surface area (Å²) in [6.07, 6.45) is 0. The summed E-state index contributed by atoms with van der Waals surface area (Å²) >= 11 is 0. The summed E-state index contributed by atoms with van der Waals surface area (Å²) in [7, 11) is 2.29. The molecular formula is C18H15N3O8. The van der Waals surface area contributed by atoms with E-state index in [9.17, 15) is 29.3 Å². The van der Waals surface area contributed by atoms with Crippen LogP contribution in [0.5, 0.6) is 0 Å². The third-order valence-corrected chi connectivity index (χ3v) is 3.64. The largest absolute Gasteiger partial charge is 0.465 e. The first kappa shape index (κ1) is 21.0. The molecule has 2 amide bonds. The van der Waals surface area contributed by atoms with E-state index < -0.39 is 28.7 Å². The SMILES string of the molecule is COC(=O)c1ccc(C(=O)OC)c(NC(=O)C(=O)Nc2ccc([N+](=O)[O-])cc2)c1. The molecule has 0 fully saturated rings. The molecule has 0 atom stereocenters. The van der Waals surface area contributed by atoms with E-state index in [0.29, 0.717) is 0 Å². The highest BCUT2D eigenvalue weighted by atomic mass is 16.6. The van der Waals surface area contributed by atoms with E-state index in [4.69, 9.17) is 0 Å². The molecule has 0 heterocycles. The fraction of sp³-hybridized carbons (Fsp3) is 0.111. The Hall–Kier alpha value is -4.28. The van der Waals surface area contributed by atoms with Crippen molar-refractivity contribution in [3.05, 3.63) is 63.7 Å². The molecule has 2 aromatic rings. The molecule has 11 heteroatoms. The van der Waals surface area contributed by atoms with E-state index in [2.05, 4.69) is 20.1 Å². The van der Waals surface area contributed by atoms with Crippen LogP contribution in [0.3, 0.4) is 0 Å². The lowest BCUT2D eigenvalue weighted by Crippen LogP contribution is -2.30. The summed E-state index contributed by atoms with van der Waals surface area (Å²) in [6, 6.07) is 8.51. The average Bonchev–Trinajstić information content (AvgIpc) is 2.72. The number of nitro benzene ring substituents is 1. The highest BCUT2D eigenvalue weighted by molar-refractivity contribution is 6.44. The highest BCUT2D eigenvalue weighted by Gasteiger charge is 2.21. The molecule has 0 saturated heterocycles. The Morgan fingerprint density at radius 2 is 1.45 bits per heavy atom. The Balaban J connectivity index is 2.21. The minimum Gasteiger partial charge on any atom is -0.465 e. The molecule has 0 spiro atoms. The van der Waals surface area contributed by atoms with Crippen molar-refractivity contribution >= 4 is 40.8 Å². The smallest absolute Gasteiger partial charge is 0.339 e. The summed E-state index contributed by atoms with van der Waals surface area (Å²) in [5, 5.41) is 15.1. The second-order valence-electron chi connectivity index (χ2n) is 5.46. The zero-order valence-electron chi connectivity index (χ0n) is 15.3. The third kappa shape index (κ3) is 5.13. The molecule has 29 heavy (non-hydrogen) atoms. The number of benzene rings is 2. The molecule has 0 aliphatic rings. The monoisotopic (exact) mass is 401 g/mol. The Labute approximate surface area is 163 Å². The molecule has 0 aliphatic carbocycles. The lowest BCUT2D eigenvalue weighted by molar-refractivity contribution is -0.384. The van der Waals surface area contributed by atoms with Crippen molar-refractivity contribution in [3.8, 4) is 0 Å². The van der Waals surface area contributed by atoms with Crippen LogP contribution < -0.4 is 10.6 Å². The molecule has 2 aromatic carbocycles. The van der Waals surface area contributed by atoms with Crippen molar-refractivity contribution in [1.82, 2.24) is 0 Å². The van der Waals surface area contributed by atoms with Crippen LogP contribution >= 0.6 is 0 Å². The summed E-state index contributed by atoms with van der Waals surface area (Å²) in [5.41, 5.74) is -0.228. The second-order valence-corrected chi connectivity index (χ2v) is 5.46. The van der Waals surface area contributed by atoms with E-state index in [1.807, 2.05) is 0 Å². The molecule has 0 radical (unpaired) electrons. The van der Waals surface area contributed by atoms with Gasteiger partial charge in [0.25, 0.3) is 5.69 Å². The maximum atomic E-state index is 12.2. The van der Waals surface area contributed by atoms with Crippen molar-refractivity contribution in [2.45, 2.75) is 0 Å². The fourth-order valence-corrected chi connectivity index (χ4v) is 2.21. The number of ether oxygens (including phenoxy) is 2. The van der Waals surface area contributed by atoms with Crippen molar-refractivity contribution in [2.24, 2.45) is 0 Å². The zero-order chi connectivity index (χ0) is 21.6. The number of nitrogens with zero attached hydrogens (tertiary/aromatic N) is 1. The number of hydrogen-bond donors (Lipinski definition) is 2. The van der Waals surface area contributed by atoms with Crippen LogP contribution in [0.25, 0.3) is 0 Å². The summed E-state index contributed by atoms with van der Waals surface area (Å²) < 4.78 is 9.19. The van der Waals surface area contributed by atoms with Crippen LogP contribution in [0.15, 0.2) is 42.5 Å². The number of anilines is 2. The van der Waals surface area contributed by atoms with Crippen LogP contribution in [0.2, 0.25) is 0 Å². The normalized spacial score (nSPS) is 9.86. The van der Waals surface area contributed by atoms with Gasteiger partial charge in [0.1, 0.15) is 0 Å². The number of amides is 2. The van der Waals surface area contributed by atoms with E-state index >= 15 is 0 Å². The number of rotatable bonds is 5. The molecule has 2 N–H and O–H groups in total. The molecule has 0 aromatic heterocycles. The van der Waals surface area contributed by atoms with Crippen LogP contribution in [-0.4, -0.2) is 42.9 Å². The van der Waals surface area contributed by atoms with Gasteiger partial charge in [-0.15, -0.1) is 0 Å². The molecule has 150 valence electrons. The minimum atomic E-state index is -1.14. The van der Waals surface area contributed by atoms with E-state index in [0.717, 1.165) is 32.4 Å². The lowest BCUT2D eigenvalue weighted by atomic mass is 10.1. The van der Waals surface area contributed by atoms with Gasteiger partial charge in [-0.05, 0) is 30.3 Å². The Morgan fingerprint density at radius 3 is 2.00 bits per heavy atom. The first-order valence-corrected chi connectivity index (χ1v) is 7.94.